The Kier molecular flexibility index (Phi) is 4.39. The molecule has 0 radical (unpaired) electrons. The van der Waals surface area contributed by atoms with E-state index in [0.717, 1.165) is 33.2 Å². The lowest BCUT2D eigenvalue weighted by Gasteiger charge is -2.20. The summed E-state index contributed by atoms with van der Waals surface area (Å²) in [5, 5.41) is 2.20. The summed E-state index contributed by atoms with van der Waals surface area (Å²) in [6.45, 7) is 0. The summed E-state index contributed by atoms with van der Waals surface area (Å²) in [7, 11) is 11.0. The van der Waals surface area contributed by atoms with Crippen LogP contribution in [0.15, 0.2) is 59.1 Å². The highest BCUT2D eigenvalue weighted by Gasteiger charge is 2.17. The van der Waals surface area contributed by atoms with E-state index in [2.05, 4.69) is 56.3 Å². The molecule has 3 aromatic carbocycles. The summed E-state index contributed by atoms with van der Waals surface area (Å²) >= 11 is 0. The van der Waals surface area contributed by atoms with E-state index < -0.39 is 0 Å². The van der Waals surface area contributed by atoms with Crippen molar-refractivity contribution in [1.82, 2.24) is 9.97 Å². The molecule has 0 fully saturated rings. The van der Waals surface area contributed by atoms with Crippen LogP contribution in [0.1, 0.15) is 0 Å². The first-order valence-corrected chi connectivity index (χ1v) is 10.3. The Hall–Kier alpha value is -3.14. The number of aromatic nitrogens is 2. The molecule has 0 saturated carbocycles. The molecule has 2 heterocycles. The van der Waals surface area contributed by atoms with Gasteiger partial charge in [0.2, 0.25) is 0 Å². The number of para-hydroxylation sites is 2. The van der Waals surface area contributed by atoms with Crippen molar-refractivity contribution >= 4 is 88.5 Å². The Morgan fingerprint density at radius 1 is 0.667 bits per heavy atom. The normalized spacial score (nSPS) is 11.3. The summed E-state index contributed by atoms with van der Waals surface area (Å²) in [6.07, 6.45) is 1.85. The van der Waals surface area contributed by atoms with Crippen molar-refractivity contribution in [2.75, 3.05) is 0 Å². The Morgan fingerprint density at radius 3 is 2.10 bits per heavy atom. The highest BCUT2D eigenvalue weighted by atomic mass is 16.3. The molecule has 138 valence electrons. The van der Waals surface area contributed by atoms with Gasteiger partial charge in [-0.15, -0.1) is 16.4 Å². The van der Waals surface area contributed by atoms with Crippen molar-refractivity contribution in [2.45, 2.75) is 0 Å². The third-order valence-corrected chi connectivity index (χ3v) is 6.56. The van der Waals surface area contributed by atoms with E-state index >= 15 is 0 Å². The molecule has 0 aliphatic rings. The van der Waals surface area contributed by atoms with Gasteiger partial charge in [-0.25, -0.2) is 9.97 Å². The molecule has 0 unspecified atom stereocenters. The first kappa shape index (κ1) is 18.9. The van der Waals surface area contributed by atoms with Crippen LogP contribution in [0.25, 0.3) is 44.6 Å². The second-order valence-electron chi connectivity index (χ2n) is 8.05. The molecule has 2 aromatic heterocycles. The van der Waals surface area contributed by atoms with Crippen molar-refractivity contribution in [3.05, 3.63) is 54.7 Å². The van der Waals surface area contributed by atoms with Crippen LogP contribution < -0.4 is 27.3 Å². The Bertz CT molecular complexity index is 1430. The van der Waals surface area contributed by atoms with Gasteiger partial charge in [0.05, 0.1) is 11.3 Å². The number of benzene rings is 3. The number of rotatable bonds is 2. The summed E-state index contributed by atoms with van der Waals surface area (Å²) < 4.78 is 6.20. The highest BCUT2D eigenvalue weighted by molar-refractivity contribution is 6.68. The molecule has 0 saturated heterocycles. The van der Waals surface area contributed by atoms with Gasteiger partial charge in [-0.3, -0.25) is 0 Å². The topological polar surface area (TPSA) is 38.9 Å². The highest BCUT2D eigenvalue weighted by Crippen LogP contribution is 2.34. The number of nitrogens with zero attached hydrogens (tertiary/aromatic N) is 2. The second kappa shape index (κ2) is 6.98. The summed E-state index contributed by atoms with van der Waals surface area (Å²) in [5.41, 5.74) is 11.4. The summed E-state index contributed by atoms with van der Waals surface area (Å²) in [5.74, 6) is 0.687. The molecule has 5 rings (SSSR count). The Labute approximate surface area is 180 Å². The maximum Gasteiger partial charge on any atom is 0.163 e. The van der Waals surface area contributed by atoms with Crippen molar-refractivity contribution in [2.24, 2.45) is 0 Å². The minimum absolute atomic E-state index is 0.687. The number of hydrogen-bond donors (Lipinski definition) is 0. The van der Waals surface area contributed by atoms with Crippen molar-refractivity contribution in [1.29, 1.82) is 0 Å². The monoisotopic (exact) mass is 382 g/mol. The first-order chi connectivity index (χ1) is 14.5. The van der Waals surface area contributed by atoms with Crippen molar-refractivity contribution < 1.29 is 4.42 Å². The molecule has 0 aliphatic heterocycles. The fraction of sp³-hybridized carbons (Fsp3) is 0. The predicted octanol–water partition coefficient (Wildman–Crippen LogP) is -3.00. The van der Waals surface area contributed by atoms with Gasteiger partial charge in [-0.1, -0.05) is 41.3 Å². The van der Waals surface area contributed by atoms with Crippen LogP contribution in [0.2, 0.25) is 0 Å². The minimum Gasteiger partial charge on any atom is -0.455 e. The SMILES string of the molecule is Bc1c(B)c(B)c(-c2ccnc(-c3cccc4c3oc3ccccc34)n2)c(B)c1B. The second-order valence-corrected chi connectivity index (χ2v) is 8.05. The molecule has 0 bridgehead atoms. The molecular formula is C22H19B5N2O. The third kappa shape index (κ3) is 2.74. The van der Waals surface area contributed by atoms with Crippen molar-refractivity contribution in [3.63, 3.8) is 0 Å². The van der Waals surface area contributed by atoms with Crippen LogP contribution in [0.5, 0.6) is 0 Å². The van der Waals surface area contributed by atoms with Gasteiger partial charge in [-0.2, -0.15) is 0 Å². The van der Waals surface area contributed by atoms with Crippen LogP contribution in [0, 0.1) is 0 Å². The average molecular weight is 381 g/mol. The first-order valence-electron chi connectivity index (χ1n) is 10.3. The molecule has 8 heteroatoms. The number of furan rings is 1. The third-order valence-electron chi connectivity index (χ3n) is 6.56. The van der Waals surface area contributed by atoms with Gasteiger partial charge >= 0.3 is 0 Å². The van der Waals surface area contributed by atoms with E-state index in [9.17, 15) is 0 Å². The van der Waals surface area contributed by atoms with Crippen LogP contribution in [-0.4, -0.2) is 49.2 Å². The molecule has 0 atom stereocenters. The fourth-order valence-corrected chi connectivity index (χ4v) is 4.44. The Morgan fingerprint density at radius 2 is 1.33 bits per heavy atom. The molecule has 0 N–H and O–H groups in total. The van der Waals surface area contributed by atoms with E-state index in [0.29, 0.717) is 5.82 Å². The number of hydrogen-bond acceptors (Lipinski definition) is 3. The lowest BCUT2D eigenvalue weighted by molar-refractivity contribution is 0.669. The lowest BCUT2D eigenvalue weighted by atomic mass is 9.60. The fourth-order valence-electron chi connectivity index (χ4n) is 4.44. The largest absolute Gasteiger partial charge is 0.455 e. The molecule has 0 spiro atoms. The number of fused-ring (bicyclic) bond motifs is 3. The van der Waals surface area contributed by atoms with Gasteiger partial charge in [0, 0.05) is 17.0 Å². The van der Waals surface area contributed by atoms with Crippen LogP contribution in [0.4, 0.5) is 0 Å². The zero-order valence-electron chi connectivity index (χ0n) is 18.0. The predicted molar refractivity (Wildman–Crippen MR) is 141 cm³/mol. The zero-order valence-corrected chi connectivity index (χ0v) is 18.0. The maximum atomic E-state index is 6.20. The van der Waals surface area contributed by atoms with Gasteiger partial charge in [0.1, 0.15) is 50.4 Å². The maximum absolute atomic E-state index is 6.20. The standard InChI is InChI=1S/C22H19B5N2O/c23-16-15(17(24)19(26)20(27)18(16)25)13-8-9-28-22(29-13)12-6-3-5-11-10-4-1-2-7-14(10)30-21(11)12/h1-9H,23-27H2. The van der Waals surface area contributed by atoms with Gasteiger partial charge in [-0.05, 0) is 23.8 Å². The Balaban J connectivity index is 1.75. The smallest absolute Gasteiger partial charge is 0.163 e. The van der Waals surface area contributed by atoms with Crippen molar-refractivity contribution in [3.8, 4) is 22.6 Å². The van der Waals surface area contributed by atoms with E-state index in [1.807, 2.05) is 42.6 Å². The molecule has 30 heavy (non-hydrogen) atoms. The van der Waals surface area contributed by atoms with Crippen LogP contribution in [-0.2, 0) is 0 Å². The quantitative estimate of drug-likeness (QED) is 0.306. The van der Waals surface area contributed by atoms with Gasteiger partial charge in [0.15, 0.2) is 5.82 Å². The average Bonchev–Trinajstić information content (AvgIpc) is 3.15. The van der Waals surface area contributed by atoms with E-state index in [-0.39, 0.29) is 0 Å². The zero-order chi connectivity index (χ0) is 21.0. The van der Waals surface area contributed by atoms with E-state index in [1.165, 1.54) is 32.9 Å². The van der Waals surface area contributed by atoms with Crippen LogP contribution in [0.3, 0.4) is 0 Å². The van der Waals surface area contributed by atoms with E-state index in [4.69, 9.17) is 9.40 Å². The molecule has 0 aliphatic carbocycles. The molecule has 5 aromatic rings. The lowest BCUT2D eigenvalue weighted by Crippen LogP contribution is -2.55. The molecular weight excluding hydrogens is 362 g/mol. The molecule has 0 amide bonds. The summed E-state index contributed by atoms with van der Waals surface area (Å²) in [6, 6.07) is 16.3. The van der Waals surface area contributed by atoms with E-state index in [1.54, 1.807) is 0 Å². The van der Waals surface area contributed by atoms with Crippen LogP contribution >= 0.6 is 0 Å². The van der Waals surface area contributed by atoms with Gasteiger partial charge < -0.3 is 4.42 Å². The minimum atomic E-state index is 0.687. The summed E-state index contributed by atoms with van der Waals surface area (Å²) in [4.78, 5) is 9.60. The molecule has 3 nitrogen and oxygen atoms in total. The van der Waals surface area contributed by atoms with Gasteiger partial charge in [0.25, 0.3) is 0 Å².